The van der Waals surface area contributed by atoms with Crippen LogP contribution in [-0.4, -0.2) is 51.5 Å². The van der Waals surface area contributed by atoms with Crippen molar-refractivity contribution in [3.05, 3.63) is 42.2 Å². The van der Waals surface area contributed by atoms with Crippen LogP contribution in [0.25, 0.3) is 10.9 Å². The molecule has 4 N–H and O–H groups in total. The van der Waals surface area contributed by atoms with Gasteiger partial charge in [0, 0.05) is 25.3 Å². The Hall–Kier alpha value is -3.62. The van der Waals surface area contributed by atoms with Crippen LogP contribution in [0, 0.1) is 0 Å². The predicted octanol–water partition coefficient (Wildman–Crippen LogP) is 2.83. The summed E-state index contributed by atoms with van der Waals surface area (Å²) in [4.78, 5) is 34.3. The van der Waals surface area contributed by atoms with Crippen LogP contribution in [0.5, 0.6) is 0 Å². The average Bonchev–Trinajstić information content (AvgIpc) is 3.53. The van der Waals surface area contributed by atoms with Crippen molar-refractivity contribution in [3.63, 3.8) is 0 Å². The van der Waals surface area contributed by atoms with Crippen LogP contribution in [0.2, 0.25) is 0 Å². The molecule has 0 aliphatic carbocycles. The van der Waals surface area contributed by atoms with Crippen molar-refractivity contribution in [1.29, 1.82) is 0 Å². The first-order chi connectivity index (χ1) is 15.6. The van der Waals surface area contributed by atoms with Crippen molar-refractivity contribution in [2.45, 2.75) is 38.1 Å². The van der Waals surface area contributed by atoms with Crippen molar-refractivity contribution in [2.75, 3.05) is 35.6 Å². The van der Waals surface area contributed by atoms with E-state index in [1.807, 2.05) is 0 Å². The number of likely N-dealkylation sites (tertiary alicyclic amines) is 1. The van der Waals surface area contributed by atoms with Gasteiger partial charge in [0.2, 0.25) is 0 Å². The van der Waals surface area contributed by atoms with E-state index in [-0.39, 0.29) is 6.04 Å². The lowest BCUT2D eigenvalue weighted by Gasteiger charge is -2.36. The first-order valence-electron chi connectivity index (χ1n) is 11.2. The summed E-state index contributed by atoms with van der Waals surface area (Å²) in [7, 11) is 0. The van der Waals surface area contributed by atoms with Crippen LogP contribution in [-0.2, 0) is 9.59 Å². The molecule has 2 aliphatic heterocycles. The lowest BCUT2D eigenvalue weighted by atomic mass is 9.94. The number of nitrogens with one attached hydrogen (secondary N) is 2. The molecule has 2 aliphatic rings. The molecule has 9 nitrogen and oxygen atoms in total. The summed E-state index contributed by atoms with van der Waals surface area (Å²) in [6, 6.07) is 8.31. The number of amides is 2. The smallest absolute Gasteiger partial charge is 0.314 e. The van der Waals surface area contributed by atoms with Gasteiger partial charge in [0.25, 0.3) is 0 Å². The number of aromatic nitrogens is 3. The Morgan fingerprint density at radius 3 is 2.75 bits per heavy atom. The highest BCUT2D eigenvalue weighted by molar-refractivity contribution is 6.40. The summed E-state index contributed by atoms with van der Waals surface area (Å²) in [5.41, 5.74) is 9.06. The molecule has 2 saturated heterocycles. The highest BCUT2D eigenvalue weighted by Crippen LogP contribution is 2.34. The number of hydrogen-bond acceptors (Lipinski definition) is 6. The number of benzene rings is 1. The largest absolute Gasteiger partial charge is 0.383 e. The molecule has 0 spiro atoms. The van der Waals surface area contributed by atoms with E-state index in [1.165, 1.54) is 24.7 Å². The first kappa shape index (κ1) is 20.3. The molecule has 32 heavy (non-hydrogen) atoms. The van der Waals surface area contributed by atoms with Gasteiger partial charge in [0.05, 0.1) is 35.0 Å². The molecule has 0 radical (unpaired) electrons. The Morgan fingerprint density at radius 2 is 1.91 bits per heavy atom. The fraction of sp³-hybridized carbons (Fsp3) is 0.391. The number of carbonyl (C=O) groups is 2. The standard InChI is InChI=1S/C23H27N7O2/c24-21-17-13-26-28-20(17)18(14-25-21)27-22(31)23(32)30-11-2-1-8-19(30)15-6-5-7-16(12-15)29-9-3-4-10-29/h5-7,12-14,19H,1-4,8-11H2,(H2,24,25)(H,26,28)(H,27,31). The maximum atomic E-state index is 13.2. The second-order valence-corrected chi connectivity index (χ2v) is 8.47. The molecule has 2 amide bonds. The lowest BCUT2D eigenvalue weighted by molar-refractivity contribution is -0.145. The van der Waals surface area contributed by atoms with Gasteiger partial charge >= 0.3 is 11.8 Å². The molecule has 1 aromatic carbocycles. The molecule has 5 rings (SSSR count). The Morgan fingerprint density at radius 1 is 1.09 bits per heavy atom. The maximum Gasteiger partial charge on any atom is 0.314 e. The van der Waals surface area contributed by atoms with Crippen LogP contribution in [0.1, 0.15) is 43.7 Å². The SMILES string of the molecule is Nc1ncc(NC(=O)C(=O)N2CCCCC2c2cccc(N3CCCC3)c2)c2[nH]ncc12. The summed E-state index contributed by atoms with van der Waals surface area (Å²) in [5.74, 6) is -0.909. The van der Waals surface area contributed by atoms with Gasteiger partial charge in [-0.2, -0.15) is 5.10 Å². The van der Waals surface area contributed by atoms with Gasteiger partial charge in [-0.05, 0) is 49.8 Å². The van der Waals surface area contributed by atoms with E-state index >= 15 is 0 Å². The number of anilines is 3. The third-order valence-corrected chi connectivity index (χ3v) is 6.45. The van der Waals surface area contributed by atoms with Crippen molar-refractivity contribution in [1.82, 2.24) is 20.1 Å². The van der Waals surface area contributed by atoms with Crippen molar-refractivity contribution in [3.8, 4) is 0 Å². The highest BCUT2D eigenvalue weighted by Gasteiger charge is 2.32. The molecule has 3 aromatic rings. The summed E-state index contributed by atoms with van der Waals surface area (Å²) < 4.78 is 0. The summed E-state index contributed by atoms with van der Waals surface area (Å²) in [5, 5.41) is 10.1. The van der Waals surface area contributed by atoms with Gasteiger partial charge in [-0.1, -0.05) is 12.1 Å². The van der Waals surface area contributed by atoms with E-state index in [4.69, 9.17) is 5.73 Å². The number of piperidine rings is 1. The lowest BCUT2D eigenvalue weighted by Crippen LogP contribution is -2.44. The number of fused-ring (bicyclic) bond motifs is 1. The van der Waals surface area contributed by atoms with Gasteiger partial charge in [0.15, 0.2) is 0 Å². The van der Waals surface area contributed by atoms with Gasteiger partial charge < -0.3 is 20.9 Å². The number of pyridine rings is 1. The number of H-pyrrole nitrogens is 1. The number of nitrogens with zero attached hydrogens (tertiary/aromatic N) is 4. The molecule has 1 atom stereocenters. The van der Waals surface area contributed by atoms with E-state index in [9.17, 15) is 9.59 Å². The van der Waals surface area contributed by atoms with Crippen molar-refractivity contribution in [2.24, 2.45) is 0 Å². The van der Waals surface area contributed by atoms with E-state index in [0.717, 1.165) is 37.9 Å². The second kappa shape index (κ2) is 8.49. The Balaban J connectivity index is 1.37. The second-order valence-electron chi connectivity index (χ2n) is 8.47. The average molecular weight is 434 g/mol. The minimum Gasteiger partial charge on any atom is -0.383 e. The number of rotatable bonds is 3. The molecular weight excluding hydrogens is 406 g/mol. The molecule has 1 unspecified atom stereocenters. The van der Waals surface area contributed by atoms with Crippen molar-refractivity contribution >= 4 is 39.9 Å². The fourth-order valence-corrected chi connectivity index (χ4v) is 4.78. The van der Waals surface area contributed by atoms with Gasteiger partial charge in [-0.15, -0.1) is 0 Å². The predicted molar refractivity (Wildman–Crippen MR) is 123 cm³/mol. The number of aromatic amines is 1. The van der Waals surface area contributed by atoms with E-state index in [1.54, 1.807) is 11.1 Å². The zero-order valence-electron chi connectivity index (χ0n) is 17.9. The van der Waals surface area contributed by atoms with Crippen LogP contribution >= 0.6 is 0 Å². The number of hydrogen-bond donors (Lipinski definition) is 3. The molecule has 0 saturated carbocycles. The molecule has 2 fully saturated rings. The normalized spacial score (nSPS) is 18.8. The van der Waals surface area contributed by atoms with Gasteiger partial charge in [-0.25, -0.2) is 4.98 Å². The van der Waals surface area contributed by atoms with Crippen LogP contribution in [0.15, 0.2) is 36.7 Å². The molecule has 9 heteroatoms. The molecule has 166 valence electrons. The summed E-state index contributed by atoms with van der Waals surface area (Å²) in [6.45, 7) is 2.69. The van der Waals surface area contributed by atoms with Gasteiger partial charge in [-0.3, -0.25) is 14.7 Å². The topological polar surface area (TPSA) is 120 Å². The first-order valence-corrected chi connectivity index (χ1v) is 11.2. The van der Waals surface area contributed by atoms with E-state index in [2.05, 4.69) is 49.7 Å². The Kier molecular flexibility index (Phi) is 5.38. The van der Waals surface area contributed by atoms with Crippen LogP contribution in [0.4, 0.5) is 17.2 Å². The molecule has 4 heterocycles. The van der Waals surface area contributed by atoms with E-state index < -0.39 is 11.8 Å². The maximum absolute atomic E-state index is 13.2. The Bertz CT molecular complexity index is 1150. The zero-order chi connectivity index (χ0) is 22.1. The molecular formula is C23H27N7O2. The summed E-state index contributed by atoms with van der Waals surface area (Å²) >= 11 is 0. The number of nitrogen functional groups attached to an aromatic ring is 1. The number of nitrogens with two attached hydrogens (primary N) is 1. The minimum absolute atomic E-state index is 0.110. The quantitative estimate of drug-likeness (QED) is 0.546. The van der Waals surface area contributed by atoms with Crippen LogP contribution in [0.3, 0.4) is 0 Å². The third-order valence-electron chi connectivity index (χ3n) is 6.45. The summed E-state index contributed by atoms with van der Waals surface area (Å²) in [6.07, 6.45) is 8.16. The number of carbonyl (C=O) groups excluding carboxylic acids is 2. The monoisotopic (exact) mass is 433 g/mol. The minimum atomic E-state index is -0.685. The van der Waals surface area contributed by atoms with Crippen molar-refractivity contribution < 1.29 is 9.59 Å². The Labute approximate surface area is 186 Å². The fourth-order valence-electron chi connectivity index (χ4n) is 4.78. The highest BCUT2D eigenvalue weighted by atomic mass is 16.2. The zero-order valence-corrected chi connectivity index (χ0v) is 17.9. The third kappa shape index (κ3) is 3.74. The molecule has 0 bridgehead atoms. The van der Waals surface area contributed by atoms with E-state index in [0.29, 0.717) is 29.0 Å². The van der Waals surface area contributed by atoms with Gasteiger partial charge in [0.1, 0.15) is 5.82 Å². The van der Waals surface area contributed by atoms with Crippen LogP contribution < -0.4 is 16.0 Å². The molecule has 2 aromatic heterocycles.